The van der Waals surface area contributed by atoms with E-state index in [1.54, 1.807) is 19.1 Å². The minimum Gasteiger partial charge on any atom is -0.496 e. The third-order valence-corrected chi connectivity index (χ3v) is 3.66. The van der Waals surface area contributed by atoms with E-state index in [2.05, 4.69) is 26.6 Å². The summed E-state index contributed by atoms with van der Waals surface area (Å²) in [5.74, 6) is -0.890. The number of benzene rings is 1. The first-order chi connectivity index (χ1) is 11.4. The summed E-state index contributed by atoms with van der Waals surface area (Å²) in [4.78, 5) is 35.3. The fraction of sp³-hybridized carbons (Fsp3) is 0.438. The predicted molar refractivity (Wildman–Crippen MR) is 91.9 cm³/mol. The van der Waals surface area contributed by atoms with E-state index in [-0.39, 0.29) is 11.5 Å². The number of methoxy groups -OCH3 is 1. The van der Waals surface area contributed by atoms with Crippen molar-refractivity contribution in [2.45, 2.75) is 26.3 Å². The maximum absolute atomic E-state index is 11.9. The molecule has 7 nitrogen and oxygen atoms in total. The van der Waals surface area contributed by atoms with Crippen molar-refractivity contribution in [2.24, 2.45) is 0 Å². The fourth-order valence-corrected chi connectivity index (χ4v) is 2.30. The number of rotatable bonds is 8. The molecular weight excluding hydrogens is 380 g/mol. The molecule has 0 saturated carbocycles. The number of ether oxygens (including phenoxy) is 2. The molecule has 1 aromatic carbocycles. The van der Waals surface area contributed by atoms with Gasteiger partial charge in [-0.1, -0.05) is 6.92 Å². The Bertz CT molecular complexity index is 606. The molecule has 0 bridgehead atoms. The minimum absolute atomic E-state index is 0.282. The Labute approximate surface area is 149 Å². The van der Waals surface area contributed by atoms with Crippen LogP contribution in [0, 0.1) is 0 Å². The van der Waals surface area contributed by atoms with Crippen LogP contribution in [0.4, 0.5) is 0 Å². The largest absolute Gasteiger partial charge is 0.496 e. The van der Waals surface area contributed by atoms with Gasteiger partial charge < -0.3 is 20.1 Å². The lowest BCUT2D eigenvalue weighted by Gasteiger charge is -2.14. The van der Waals surface area contributed by atoms with Crippen LogP contribution < -0.4 is 15.4 Å². The summed E-state index contributed by atoms with van der Waals surface area (Å²) in [6, 6.07) is 3.99. The molecule has 24 heavy (non-hydrogen) atoms. The minimum atomic E-state index is -0.696. The Kier molecular flexibility index (Phi) is 8.25. The zero-order valence-corrected chi connectivity index (χ0v) is 15.4. The molecular formula is C16H21BrN2O5. The smallest absolute Gasteiger partial charge is 0.338 e. The zero-order chi connectivity index (χ0) is 18.1. The SMILES string of the molecule is CCCNC(=O)[C@H](C)NC(=O)COC(=O)c1ccc(OC)c(Br)c1. The van der Waals surface area contributed by atoms with E-state index in [0.717, 1.165) is 6.42 Å². The molecule has 8 heteroatoms. The Balaban J connectivity index is 2.47. The van der Waals surface area contributed by atoms with Gasteiger partial charge in [-0.3, -0.25) is 9.59 Å². The molecule has 0 unspecified atom stereocenters. The van der Waals surface area contributed by atoms with Crippen LogP contribution in [0.3, 0.4) is 0 Å². The molecule has 132 valence electrons. The number of halogens is 1. The number of carbonyl (C=O) groups excluding carboxylic acids is 3. The lowest BCUT2D eigenvalue weighted by molar-refractivity contribution is -0.130. The maximum atomic E-state index is 11.9. The van der Waals surface area contributed by atoms with Crippen molar-refractivity contribution < 1.29 is 23.9 Å². The second-order valence-electron chi connectivity index (χ2n) is 5.01. The number of esters is 1. The highest BCUT2D eigenvalue weighted by Crippen LogP contribution is 2.25. The highest BCUT2D eigenvalue weighted by atomic mass is 79.9. The molecule has 1 aromatic rings. The highest BCUT2D eigenvalue weighted by Gasteiger charge is 2.17. The second kappa shape index (κ2) is 9.92. The topological polar surface area (TPSA) is 93.7 Å². The lowest BCUT2D eigenvalue weighted by Crippen LogP contribution is -2.46. The lowest BCUT2D eigenvalue weighted by atomic mass is 10.2. The first-order valence-electron chi connectivity index (χ1n) is 7.46. The number of carbonyl (C=O) groups is 3. The number of hydrogen-bond donors (Lipinski definition) is 2. The molecule has 2 amide bonds. The molecule has 0 saturated heterocycles. The second-order valence-corrected chi connectivity index (χ2v) is 5.86. The van der Waals surface area contributed by atoms with E-state index in [1.807, 2.05) is 6.92 Å². The van der Waals surface area contributed by atoms with Gasteiger partial charge in [-0.2, -0.15) is 0 Å². The van der Waals surface area contributed by atoms with E-state index in [9.17, 15) is 14.4 Å². The van der Waals surface area contributed by atoms with E-state index < -0.39 is 24.5 Å². The van der Waals surface area contributed by atoms with E-state index >= 15 is 0 Å². The third kappa shape index (κ3) is 6.19. The van der Waals surface area contributed by atoms with E-state index in [4.69, 9.17) is 9.47 Å². The molecule has 2 N–H and O–H groups in total. The summed E-state index contributed by atoms with van der Waals surface area (Å²) in [6.45, 7) is 3.57. The van der Waals surface area contributed by atoms with Crippen molar-refractivity contribution in [3.05, 3.63) is 28.2 Å². The monoisotopic (exact) mass is 400 g/mol. The fourth-order valence-electron chi connectivity index (χ4n) is 1.76. The Morgan fingerprint density at radius 2 is 2.00 bits per heavy atom. The summed E-state index contributed by atoms with van der Waals surface area (Å²) < 4.78 is 10.6. The van der Waals surface area contributed by atoms with Gasteiger partial charge in [0.25, 0.3) is 5.91 Å². The summed E-state index contributed by atoms with van der Waals surface area (Å²) >= 11 is 3.27. The van der Waals surface area contributed by atoms with Crippen molar-refractivity contribution in [2.75, 3.05) is 20.3 Å². The Hall–Kier alpha value is -2.09. The van der Waals surface area contributed by atoms with Crippen LogP contribution >= 0.6 is 15.9 Å². The van der Waals surface area contributed by atoms with Gasteiger partial charge in [-0.05, 0) is 47.5 Å². The molecule has 0 aromatic heterocycles. The van der Waals surface area contributed by atoms with Gasteiger partial charge >= 0.3 is 5.97 Å². The number of amides is 2. The first-order valence-corrected chi connectivity index (χ1v) is 8.26. The number of nitrogens with one attached hydrogen (secondary N) is 2. The van der Waals surface area contributed by atoms with Gasteiger partial charge in [0.15, 0.2) is 6.61 Å². The molecule has 0 radical (unpaired) electrons. The summed E-state index contributed by atoms with van der Waals surface area (Å²) in [5.41, 5.74) is 0.282. The highest BCUT2D eigenvalue weighted by molar-refractivity contribution is 9.10. The van der Waals surface area contributed by atoms with Crippen LogP contribution in [0.1, 0.15) is 30.6 Å². The van der Waals surface area contributed by atoms with Gasteiger partial charge in [0.05, 0.1) is 17.1 Å². The summed E-state index contributed by atoms with van der Waals surface area (Å²) in [6.07, 6.45) is 0.807. The van der Waals surface area contributed by atoms with Gasteiger partial charge in [0.1, 0.15) is 11.8 Å². The van der Waals surface area contributed by atoms with Crippen molar-refractivity contribution in [1.29, 1.82) is 0 Å². The maximum Gasteiger partial charge on any atom is 0.338 e. The molecule has 1 rings (SSSR count). The van der Waals surface area contributed by atoms with Gasteiger partial charge in [-0.15, -0.1) is 0 Å². The molecule has 0 fully saturated rings. The van der Waals surface area contributed by atoms with Crippen LogP contribution in [0.25, 0.3) is 0 Å². The normalized spacial score (nSPS) is 11.3. The van der Waals surface area contributed by atoms with Crippen LogP contribution in [-0.2, 0) is 14.3 Å². The average Bonchev–Trinajstić information content (AvgIpc) is 2.57. The van der Waals surface area contributed by atoms with Crippen molar-refractivity contribution >= 4 is 33.7 Å². The van der Waals surface area contributed by atoms with E-state index in [1.165, 1.54) is 13.2 Å². The average molecular weight is 401 g/mol. The third-order valence-electron chi connectivity index (χ3n) is 3.04. The van der Waals surface area contributed by atoms with Crippen LogP contribution in [0.5, 0.6) is 5.75 Å². The van der Waals surface area contributed by atoms with Crippen molar-refractivity contribution in [1.82, 2.24) is 10.6 Å². The molecule has 0 aliphatic heterocycles. The standard InChI is InChI=1S/C16H21BrN2O5/c1-4-7-18-15(21)10(2)19-14(20)9-24-16(22)11-5-6-13(23-3)12(17)8-11/h5-6,8,10H,4,7,9H2,1-3H3,(H,18,21)(H,19,20)/t10-/m0/s1. The van der Waals surface area contributed by atoms with Crippen LogP contribution in [-0.4, -0.2) is 44.1 Å². The Morgan fingerprint density at radius 3 is 2.58 bits per heavy atom. The van der Waals surface area contributed by atoms with Gasteiger partial charge in [-0.25, -0.2) is 4.79 Å². The summed E-state index contributed by atoms with van der Waals surface area (Å²) in [5, 5.41) is 5.13. The molecule has 0 aliphatic carbocycles. The van der Waals surface area contributed by atoms with Crippen molar-refractivity contribution in [3.63, 3.8) is 0 Å². The zero-order valence-electron chi connectivity index (χ0n) is 13.8. The molecule has 0 heterocycles. The van der Waals surface area contributed by atoms with Crippen LogP contribution in [0.15, 0.2) is 22.7 Å². The summed E-state index contributed by atoms with van der Waals surface area (Å²) in [7, 11) is 1.51. The molecule has 0 aliphatic rings. The van der Waals surface area contributed by atoms with Crippen LogP contribution in [0.2, 0.25) is 0 Å². The molecule has 1 atom stereocenters. The predicted octanol–water partition coefficient (Wildman–Crippen LogP) is 1.65. The van der Waals surface area contributed by atoms with Gasteiger partial charge in [0, 0.05) is 6.54 Å². The quantitative estimate of drug-likeness (QED) is 0.646. The van der Waals surface area contributed by atoms with Gasteiger partial charge in [0.2, 0.25) is 5.91 Å². The van der Waals surface area contributed by atoms with E-state index in [0.29, 0.717) is 16.8 Å². The molecule has 0 spiro atoms. The number of hydrogen-bond acceptors (Lipinski definition) is 5. The van der Waals surface area contributed by atoms with Crippen molar-refractivity contribution in [3.8, 4) is 5.75 Å². The first kappa shape index (κ1) is 20.0. The Morgan fingerprint density at radius 1 is 1.29 bits per heavy atom.